The van der Waals surface area contributed by atoms with Gasteiger partial charge in [0.15, 0.2) is 0 Å². The average Bonchev–Trinajstić information content (AvgIpc) is 2.79. The molecule has 0 spiro atoms. The third-order valence-electron chi connectivity index (χ3n) is 5.51. The van der Waals surface area contributed by atoms with Crippen LogP contribution in [-0.2, 0) is 10.0 Å². The molecule has 1 aliphatic rings. The van der Waals surface area contributed by atoms with Crippen molar-refractivity contribution in [3.63, 3.8) is 0 Å². The van der Waals surface area contributed by atoms with Gasteiger partial charge in [-0.25, -0.2) is 8.42 Å². The van der Waals surface area contributed by atoms with Crippen molar-refractivity contribution >= 4 is 21.4 Å². The number of pyridine rings is 1. The highest BCUT2D eigenvalue weighted by Crippen LogP contribution is 2.32. The Morgan fingerprint density at radius 3 is 2.38 bits per heavy atom. The van der Waals surface area contributed by atoms with Crippen LogP contribution in [0.5, 0.6) is 5.75 Å². The second-order valence-corrected chi connectivity index (χ2v) is 9.81. The monoisotopic (exact) mass is 452 g/mol. The van der Waals surface area contributed by atoms with Gasteiger partial charge in [0.25, 0.3) is 10.0 Å². The van der Waals surface area contributed by atoms with Gasteiger partial charge in [0.1, 0.15) is 5.75 Å². The Hall–Kier alpha value is -3.10. The number of rotatable bonds is 6. The summed E-state index contributed by atoms with van der Waals surface area (Å²) in [6.07, 6.45) is 3.45. The van der Waals surface area contributed by atoms with Gasteiger partial charge in [0.2, 0.25) is 0 Å². The molecule has 2 unspecified atom stereocenters. The molecule has 4 rings (SSSR count). The predicted molar refractivity (Wildman–Crippen MR) is 128 cm³/mol. The van der Waals surface area contributed by atoms with Crippen LogP contribution >= 0.6 is 0 Å². The van der Waals surface area contributed by atoms with E-state index in [2.05, 4.69) is 33.8 Å². The molecule has 7 nitrogen and oxygen atoms in total. The predicted octanol–water partition coefficient (Wildman–Crippen LogP) is 3.74. The van der Waals surface area contributed by atoms with Crippen molar-refractivity contribution < 1.29 is 13.2 Å². The number of ether oxygens (including phenoxy) is 1. The summed E-state index contributed by atoms with van der Waals surface area (Å²) in [4.78, 5) is 6.55. The lowest BCUT2D eigenvalue weighted by atomic mass is 10.1. The molecule has 2 atom stereocenters. The Morgan fingerprint density at radius 1 is 1.03 bits per heavy atom. The first-order valence-electron chi connectivity index (χ1n) is 10.6. The SMILES string of the molecule is COc1ccc(N2CC(C)NC(C)C2)cc1NS(=O)(=O)c1ccc(-c2cccnc2)cc1. The summed E-state index contributed by atoms with van der Waals surface area (Å²) in [5.41, 5.74) is 3.20. The molecule has 1 aromatic heterocycles. The molecule has 0 bridgehead atoms. The second-order valence-electron chi connectivity index (χ2n) is 8.13. The number of anilines is 2. The number of piperazine rings is 1. The number of methoxy groups -OCH3 is 1. The van der Waals surface area contributed by atoms with Crippen LogP contribution in [0, 0.1) is 0 Å². The zero-order valence-electron chi connectivity index (χ0n) is 18.4. The number of aromatic nitrogens is 1. The summed E-state index contributed by atoms with van der Waals surface area (Å²) in [6.45, 7) is 5.98. The van der Waals surface area contributed by atoms with Gasteiger partial charge in [-0.2, -0.15) is 0 Å². The van der Waals surface area contributed by atoms with E-state index in [9.17, 15) is 8.42 Å². The van der Waals surface area contributed by atoms with E-state index in [1.807, 2.05) is 24.3 Å². The van der Waals surface area contributed by atoms with E-state index in [1.165, 1.54) is 7.11 Å². The van der Waals surface area contributed by atoms with E-state index in [4.69, 9.17) is 4.74 Å². The first-order chi connectivity index (χ1) is 15.4. The van der Waals surface area contributed by atoms with E-state index in [1.54, 1.807) is 42.7 Å². The van der Waals surface area contributed by atoms with Crippen LogP contribution in [0.15, 0.2) is 71.9 Å². The maximum atomic E-state index is 13.1. The minimum Gasteiger partial charge on any atom is -0.495 e. The van der Waals surface area contributed by atoms with Crippen LogP contribution in [0.4, 0.5) is 11.4 Å². The largest absolute Gasteiger partial charge is 0.495 e. The maximum Gasteiger partial charge on any atom is 0.262 e. The van der Waals surface area contributed by atoms with Gasteiger partial charge >= 0.3 is 0 Å². The summed E-state index contributed by atoms with van der Waals surface area (Å²) in [7, 11) is -2.26. The zero-order chi connectivity index (χ0) is 22.7. The molecule has 2 N–H and O–H groups in total. The Balaban J connectivity index is 1.59. The molecule has 1 saturated heterocycles. The van der Waals surface area contributed by atoms with Crippen molar-refractivity contribution in [3.8, 4) is 16.9 Å². The second kappa shape index (κ2) is 9.18. The van der Waals surface area contributed by atoms with E-state index < -0.39 is 10.0 Å². The molecule has 2 aromatic carbocycles. The van der Waals surface area contributed by atoms with Gasteiger partial charge in [-0.3, -0.25) is 9.71 Å². The Kier molecular flexibility index (Phi) is 6.34. The summed E-state index contributed by atoms with van der Waals surface area (Å²) in [6, 6.07) is 16.8. The van der Waals surface area contributed by atoms with Crippen molar-refractivity contribution in [2.75, 3.05) is 29.8 Å². The summed E-state index contributed by atoms with van der Waals surface area (Å²) in [5, 5.41) is 3.51. The normalized spacial score (nSPS) is 18.9. The number of hydrogen-bond donors (Lipinski definition) is 2. The van der Waals surface area contributed by atoms with Crippen LogP contribution in [0.3, 0.4) is 0 Å². The molecule has 8 heteroatoms. The molecule has 0 aliphatic carbocycles. The molecule has 3 aromatic rings. The quantitative estimate of drug-likeness (QED) is 0.593. The number of hydrogen-bond acceptors (Lipinski definition) is 6. The van der Waals surface area contributed by atoms with Gasteiger partial charge in [-0.05, 0) is 61.4 Å². The fraction of sp³-hybridized carbons (Fsp3) is 0.292. The highest BCUT2D eigenvalue weighted by atomic mass is 32.2. The standard InChI is InChI=1S/C24H28N4O3S/c1-17-15-28(16-18(2)26-17)21-8-11-24(31-3)23(13-21)27-32(29,30)22-9-6-19(7-10-22)20-5-4-12-25-14-20/h4-14,17-18,26-27H,15-16H2,1-3H3. The van der Waals surface area contributed by atoms with Crippen LogP contribution in [0.2, 0.25) is 0 Å². The third-order valence-corrected chi connectivity index (χ3v) is 6.89. The van der Waals surface area contributed by atoms with Crippen molar-refractivity contribution in [2.24, 2.45) is 0 Å². The van der Waals surface area contributed by atoms with Crippen LogP contribution in [0.1, 0.15) is 13.8 Å². The Labute approximate surface area is 189 Å². The van der Waals surface area contributed by atoms with E-state index >= 15 is 0 Å². The van der Waals surface area contributed by atoms with Gasteiger partial charge in [0.05, 0.1) is 17.7 Å². The molecule has 32 heavy (non-hydrogen) atoms. The first-order valence-corrected chi connectivity index (χ1v) is 12.1. The van der Waals surface area contributed by atoms with Crippen LogP contribution in [-0.4, -0.2) is 45.7 Å². The summed E-state index contributed by atoms with van der Waals surface area (Å²) >= 11 is 0. The summed E-state index contributed by atoms with van der Waals surface area (Å²) in [5.74, 6) is 0.473. The minimum absolute atomic E-state index is 0.182. The minimum atomic E-state index is -3.79. The van der Waals surface area contributed by atoms with Crippen molar-refractivity contribution in [2.45, 2.75) is 30.8 Å². The number of nitrogens with one attached hydrogen (secondary N) is 2. The topological polar surface area (TPSA) is 83.6 Å². The highest BCUT2D eigenvalue weighted by molar-refractivity contribution is 7.92. The fourth-order valence-electron chi connectivity index (χ4n) is 4.07. The van der Waals surface area contributed by atoms with Gasteiger partial charge < -0.3 is 15.0 Å². The van der Waals surface area contributed by atoms with E-state index in [0.29, 0.717) is 23.5 Å². The van der Waals surface area contributed by atoms with Crippen molar-refractivity contribution in [1.29, 1.82) is 0 Å². The molecular formula is C24H28N4O3S. The fourth-order valence-corrected chi connectivity index (χ4v) is 5.14. The van der Waals surface area contributed by atoms with Gasteiger partial charge in [-0.1, -0.05) is 18.2 Å². The molecule has 2 heterocycles. The smallest absolute Gasteiger partial charge is 0.262 e. The number of benzene rings is 2. The molecule has 1 aliphatic heterocycles. The van der Waals surface area contributed by atoms with Crippen LogP contribution < -0.4 is 19.7 Å². The number of sulfonamides is 1. The van der Waals surface area contributed by atoms with Gasteiger partial charge in [0, 0.05) is 43.3 Å². The Bertz CT molecular complexity index is 1160. The molecule has 0 saturated carbocycles. The lowest BCUT2D eigenvalue weighted by molar-refractivity contribution is 0.406. The highest BCUT2D eigenvalue weighted by Gasteiger charge is 2.23. The maximum absolute atomic E-state index is 13.1. The lowest BCUT2D eigenvalue weighted by Crippen LogP contribution is -2.54. The summed E-state index contributed by atoms with van der Waals surface area (Å²) < 4.78 is 34.3. The number of nitrogens with zero attached hydrogens (tertiary/aromatic N) is 2. The van der Waals surface area contributed by atoms with E-state index in [0.717, 1.165) is 29.9 Å². The third kappa shape index (κ3) is 4.87. The molecule has 0 radical (unpaired) electrons. The Morgan fingerprint density at radius 2 is 1.75 bits per heavy atom. The first kappa shape index (κ1) is 22.1. The zero-order valence-corrected chi connectivity index (χ0v) is 19.3. The average molecular weight is 453 g/mol. The lowest BCUT2D eigenvalue weighted by Gasteiger charge is -2.38. The van der Waals surface area contributed by atoms with Gasteiger partial charge in [-0.15, -0.1) is 0 Å². The van der Waals surface area contributed by atoms with Crippen LogP contribution in [0.25, 0.3) is 11.1 Å². The molecule has 0 amide bonds. The van der Waals surface area contributed by atoms with Crippen molar-refractivity contribution in [1.82, 2.24) is 10.3 Å². The van der Waals surface area contributed by atoms with E-state index in [-0.39, 0.29) is 4.90 Å². The molecular weight excluding hydrogens is 424 g/mol. The molecule has 168 valence electrons. The van der Waals surface area contributed by atoms with Crippen molar-refractivity contribution in [3.05, 3.63) is 67.0 Å². The molecule has 1 fully saturated rings.